The second kappa shape index (κ2) is 9.23. The maximum atomic E-state index is 12.1. The minimum absolute atomic E-state index is 0.216. The van der Waals surface area contributed by atoms with Crippen LogP contribution in [0.15, 0.2) is 42.5 Å². The number of hydrogen-bond acceptors (Lipinski definition) is 5. The summed E-state index contributed by atoms with van der Waals surface area (Å²) in [6.45, 7) is 1.39. The third-order valence-electron chi connectivity index (χ3n) is 3.47. The summed E-state index contributed by atoms with van der Waals surface area (Å²) >= 11 is 0. The summed E-state index contributed by atoms with van der Waals surface area (Å²) in [7, 11) is 3.00. The van der Waals surface area contributed by atoms with E-state index in [-0.39, 0.29) is 12.3 Å². The number of nitrogens with one attached hydrogen (secondary N) is 3. The van der Waals surface area contributed by atoms with Crippen LogP contribution in [-0.2, 0) is 14.4 Å². The van der Waals surface area contributed by atoms with Crippen LogP contribution in [0.2, 0.25) is 0 Å². The molecule has 142 valence electrons. The SMILES string of the molecule is COc1ccc(NC(=O)CC(=O)Nc2cccc(NC(C)=O)c2)c(OC)c1. The number of ether oxygens (including phenoxy) is 2. The topological polar surface area (TPSA) is 106 Å². The molecule has 0 heterocycles. The minimum atomic E-state index is -0.492. The van der Waals surface area contributed by atoms with E-state index in [1.54, 1.807) is 42.5 Å². The maximum absolute atomic E-state index is 12.1. The van der Waals surface area contributed by atoms with Gasteiger partial charge in [-0.25, -0.2) is 0 Å². The molecular weight excluding hydrogens is 350 g/mol. The van der Waals surface area contributed by atoms with Gasteiger partial charge in [-0.15, -0.1) is 0 Å². The van der Waals surface area contributed by atoms with Crippen molar-refractivity contribution in [3.05, 3.63) is 42.5 Å². The maximum Gasteiger partial charge on any atom is 0.233 e. The monoisotopic (exact) mass is 371 g/mol. The van der Waals surface area contributed by atoms with Crippen LogP contribution >= 0.6 is 0 Å². The zero-order valence-corrected chi connectivity index (χ0v) is 15.3. The Bertz CT molecular complexity index is 851. The lowest BCUT2D eigenvalue weighted by molar-refractivity contribution is -0.123. The van der Waals surface area contributed by atoms with E-state index in [0.29, 0.717) is 28.6 Å². The average molecular weight is 371 g/mol. The molecule has 0 bridgehead atoms. The van der Waals surface area contributed by atoms with Gasteiger partial charge in [0.2, 0.25) is 17.7 Å². The molecule has 0 radical (unpaired) electrons. The van der Waals surface area contributed by atoms with Crippen LogP contribution in [0.3, 0.4) is 0 Å². The first kappa shape index (κ1) is 19.8. The largest absolute Gasteiger partial charge is 0.497 e. The summed E-state index contributed by atoms with van der Waals surface area (Å²) in [5.74, 6) is -0.187. The number of rotatable bonds is 7. The second-order valence-electron chi connectivity index (χ2n) is 5.60. The molecule has 27 heavy (non-hydrogen) atoms. The van der Waals surface area contributed by atoms with Gasteiger partial charge in [0.15, 0.2) is 0 Å². The molecule has 0 aliphatic carbocycles. The van der Waals surface area contributed by atoms with Crippen LogP contribution in [0.1, 0.15) is 13.3 Å². The highest BCUT2D eigenvalue weighted by molar-refractivity contribution is 6.08. The van der Waals surface area contributed by atoms with Crippen molar-refractivity contribution in [2.75, 3.05) is 30.2 Å². The van der Waals surface area contributed by atoms with Gasteiger partial charge in [-0.3, -0.25) is 14.4 Å². The Hall–Kier alpha value is -3.55. The first-order valence-electron chi connectivity index (χ1n) is 8.10. The van der Waals surface area contributed by atoms with Crippen molar-refractivity contribution < 1.29 is 23.9 Å². The normalized spacial score (nSPS) is 9.89. The van der Waals surface area contributed by atoms with Gasteiger partial charge in [-0.05, 0) is 30.3 Å². The molecular formula is C19H21N3O5. The van der Waals surface area contributed by atoms with Gasteiger partial charge in [-0.1, -0.05) is 6.07 Å². The van der Waals surface area contributed by atoms with Crippen LogP contribution < -0.4 is 25.4 Å². The molecule has 0 fully saturated rings. The van der Waals surface area contributed by atoms with Gasteiger partial charge in [0.1, 0.15) is 17.9 Å². The van der Waals surface area contributed by atoms with Crippen LogP contribution in [0.4, 0.5) is 17.1 Å². The summed E-state index contributed by atoms with van der Waals surface area (Å²) in [5, 5.41) is 7.87. The minimum Gasteiger partial charge on any atom is -0.497 e. The summed E-state index contributed by atoms with van der Waals surface area (Å²) in [4.78, 5) is 35.3. The van der Waals surface area contributed by atoms with E-state index in [2.05, 4.69) is 16.0 Å². The predicted octanol–water partition coefficient (Wildman–Crippen LogP) is 2.63. The molecule has 3 N–H and O–H groups in total. The number of carbonyl (C=O) groups is 3. The summed E-state index contributed by atoms with van der Waals surface area (Å²) < 4.78 is 10.3. The van der Waals surface area contributed by atoms with E-state index in [9.17, 15) is 14.4 Å². The lowest BCUT2D eigenvalue weighted by Crippen LogP contribution is -2.21. The first-order chi connectivity index (χ1) is 12.9. The van der Waals surface area contributed by atoms with E-state index in [1.807, 2.05) is 0 Å². The molecule has 0 aromatic heterocycles. The quantitative estimate of drug-likeness (QED) is 0.649. The lowest BCUT2D eigenvalue weighted by atomic mass is 10.2. The molecule has 0 aliphatic rings. The van der Waals surface area contributed by atoms with E-state index >= 15 is 0 Å². The molecule has 8 heteroatoms. The van der Waals surface area contributed by atoms with Crippen molar-refractivity contribution in [3.8, 4) is 11.5 Å². The van der Waals surface area contributed by atoms with Crippen molar-refractivity contribution in [1.29, 1.82) is 0 Å². The van der Waals surface area contributed by atoms with Gasteiger partial charge in [0.25, 0.3) is 0 Å². The van der Waals surface area contributed by atoms with E-state index in [0.717, 1.165) is 0 Å². The lowest BCUT2D eigenvalue weighted by Gasteiger charge is -2.12. The Morgan fingerprint density at radius 2 is 1.52 bits per heavy atom. The molecule has 0 unspecified atom stereocenters. The third kappa shape index (κ3) is 6.03. The molecule has 0 atom stereocenters. The van der Waals surface area contributed by atoms with Gasteiger partial charge in [-0.2, -0.15) is 0 Å². The zero-order valence-electron chi connectivity index (χ0n) is 15.3. The van der Waals surface area contributed by atoms with E-state index < -0.39 is 11.8 Å². The molecule has 8 nitrogen and oxygen atoms in total. The van der Waals surface area contributed by atoms with Crippen LogP contribution in [0.25, 0.3) is 0 Å². The zero-order chi connectivity index (χ0) is 19.8. The van der Waals surface area contributed by atoms with Crippen molar-refractivity contribution in [2.45, 2.75) is 13.3 Å². The molecule has 0 saturated heterocycles. The number of methoxy groups -OCH3 is 2. The smallest absolute Gasteiger partial charge is 0.233 e. The fourth-order valence-electron chi connectivity index (χ4n) is 2.33. The molecule has 0 saturated carbocycles. The number of hydrogen-bond donors (Lipinski definition) is 3. The highest BCUT2D eigenvalue weighted by atomic mass is 16.5. The Balaban J connectivity index is 1.96. The fraction of sp³-hybridized carbons (Fsp3) is 0.211. The second-order valence-corrected chi connectivity index (χ2v) is 5.60. The van der Waals surface area contributed by atoms with E-state index in [1.165, 1.54) is 21.1 Å². The van der Waals surface area contributed by atoms with Crippen LogP contribution in [-0.4, -0.2) is 31.9 Å². The van der Waals surface area contributed by atoms with Gasteiger partial charge in [0.05, 0.1) is 19.9 Å². The Labute approximate surface area is 156 Å². The van der Waals surface area contributed by atoms with Gasteiger partial charge in [0, 0.05) is 24.4 Å². The van der Waals surface area contributed by atoms with Crippen molar-refractivity contribution in [3.63, 3.8) is 0 Å². The molecule has 3 amide bonds. The fourth-order valence-corrected chi connectivity index (χ4v) is 2.33. The highest BCUT2D eigenvalue weighted by Gasteiger charge is 2.13. The summed E-state index contributed by atoms with van der Waals surface area (Å²) in [5.41, 5.74) is 1.46. The summed E-state index contributed by atoms with van der Waals surface area (Å²) in [6.07, 6.45) is -0.375. The van der Waals surface area contributed by atoms with Crippen molar-refractivity contribution >= 4 is 34.8 Å². The first-order valence-corrected chi connectivity index (χ1v) is 8.10. The molecule has 0 aliphatic heterocycles. The number of anilines is 3. The van der Waals surface area contributed by atoms with Gasteiger partial charge < -0.3 is 25.4 Å². The van der Waals surface area contributed by atoms with Crippen molar-refractivity contribution in [2.24, 2.45) is 0 Å². The Kier molecular flexibility index (Phi) is 6.76. The molecule has 0 spiro atoms. The standard InChI is InChI=1S/C19H21N3O5/c1-12(23)20-13-5-4-6-14(9-13)21-18(24)11-19(25)22-16-8-7-15(26-2)10-17(16)27-3/h4-10H,11H2,1-3H3,(H,20,23)(H,21,24)(H,22,25). The third-order valence-corrected chi connectivity index (χ3v) is 3.47. The van der Waals surface area contributed by atoms with Crippen molar-refractivity contribution in [1.82, 2.24) is 0 Å². The average Bonchev–Trinajstić information content (AvgIpc) is 2.61. The molecule has 2 aromatic rings. The Morgan fingerprint density at radius 1 is 0.852 bits per heavy atom. The van der Waals surface area contributed by atoms with Crippen LogP contribution in [0, 0.1) is 0 Å². The van der Waals surface area contributed by atoms with Crippen LogP contribution in [0.5, 0.6) is 11.5 Å². The van der Waals surface area contributed by atoms with E-state index in [4.69, 9.17) is 9.47 Å². The number of carbonyl (C=O) groups excluding carboxylic acids is 3. The molecule has 2 rings (SSSR count). The Morgan fingerprint density at radius 3 is 2.15 bits per heavy atom. The molecule has 2 aromatic carbocycles. The number of amides is 3. The predicted molar refractivity (Wildman–Crippen MR) is 102 cm³/mol. The summed E-state index contributed by atoms with van der Waals surface area (Å²) in [6, 6.07) is 11.6. The van der Waals surface area contributed by atoms with Gasteiger partial charge >= 0.3 is 0 Å². The highest BCUT2D eigenvalue weighted by Crippen LogP contribution is 2.29. The number of benzene rings is 2.